The average Bonchev–Trinajstić information content (AvgIpc) is 2.36. The first kappa shape index (κ1) is 17.4. The smallest absolute Gasteiger partial charge is 0.227 e. The van der Waals surface area contributed by atoms with Crippen LogP contribution in [0.1, 0.15) is 40.0 Å². The Morgan fingerprint density at radius 3 is 2.45 bits per heavy atom. The maximum absolute atomic E-state index is 12.8. The van der Waals surface area contributed by atoms with Crippen LogP contribution in [0.3, 0.4) is 0 Å². The van der Waals surface area contributed by atoms with Crippen molar-refractivity contribution in [2.75, 3.05) is 33.7 Å². The van der Waals surface area contributed by atoms with Crippen LogP contribution < -0.4 is 5.73 Å². The summed E-state index contributed by atoms with van der Waals surface area (Å²) in [5, 5.41) is 0. The van der Waals surface area contributed by atoms with E-state index >= 15 is 0 Å². The van der Waals surface area contributed by atoms with Crippen molar-refractivity contribution in [3.63, 3.8) is 0 Å². The lowest BCUT2D eigenvalue weighted by Gasteiger charge is -2.36. The zero-order valence-electron chi connectivity index (χ0n) is 13.9. The summed E-state index contributed by atoms with van der Waals surface area (Å²) in [6.07, 6.45) is 3.10. The van der Waals surface area contributed by atoms with Crippen LogP contribution in [0.15, 0.2) is 0 Å². The van der Waals surface area contributed by atoms with Gasteiger partial charge in [-0.25, -0.2) is 0 Å². The number of amides is 1. The standard InChI is InChI=1S/C16H33N3O/c1-12(2)11-19(9-8-18(4)5)16(20)14-10-13(3)6-7-15(14)17/h12-15H,6-11,17H2,1-5H3. The zero-order chi connectivity index (χ0) is 15.3. The predicted octanol–water partition coefficient (Wildman–Crippen LogP) is 1.80. The molecule has 4 nitrogen and oxygen atoms in total. The van der Waals surface area contributed by atoms with Gasteiger partial charge in [-0.15, -0.1) is 0 Å². The first-order valence-corrected chi connectivity index (χ1v) is 8.00. The Morgan fingerprint density at radius 1 is 1.25 bits per heavy atom. The Bertz CT molecular complexity index is 304. The van der Waals surface area contributed by atoms with Crippen LogP contribution in [-0.4, -0.2) is 55.5 Å². The van der Waals surface area contributed by atoms with Crippen LogP contribution in [-0.2, 0) is 4.79 Å². The summed E-state index contributed by atoms with van der Waals surface area (Å²) in [7, 11) is 4.10. The third-order valence-electron chi connectivity index (χ3n) is 4.20. The molecular formula is C16H33N3O. The highest BCUT2D eigenvalue weighted by atomic mass is 16.2. The Balaban J connectivity index is 2.69. The fraction of sp³-hybridized carbons (Fsp3) is 0.938. The molecule has 0 saturated heterocycles. The van der Waals surface area contributed by atoms with Crippen molar-refractivity contribution in [3.8, 4) is 0 Å². The van der Waals surface area contributed by atoms with Gasteiger partial charge < -0.3 is 15.5 Å². The van der Waals surface area contributed by atoms with E-state index in [9.17, 15) is 4.79 Å². The summed E-state index contributed by atoms with van der Waals surface area (Å²) in [6, 6.07) is 0.0488. The molecule has 0 aromatic carbocycles. The molecule has 2 N–H and O–H groups in total. The number of carbonyl (C=O) groups excluding carboxylic acids is 1. The molecule has 0 heterocycles. The number of likely N-dealkylation sites (N-methyl/N-ethyl adjacent to an activating group) is 1. The number of hydrogen-bond acceptors (Lipinski definition) is 3. The molecule has 3 atom stereocenters. The van der Waals surface area contributed by atoms with Crippen molar-refractivity contribution >= 4 is 5.91 Å². The number of carbonyl (C=O) groups is 1. The second-order valence-corrected chi connectivity index (χ2v) is 7.17. The summed E-state index contributed by atoms with van der Waals surface area (Å²) in [5.41, 5.74) is 6.21. The van der Waals surface area contributed by atoms with E-state index in [1.807, 2.05) is 19.0 Å². The predicted molar refractivity (Wildman–Crippen MR) is 84.5 cm³/mol. The lowest BCUT2D eigenvalue weighted by molar-refractivity contribution is -0.138. The summed E-state index contributed by atoms with van der Waals surface area (Å²) in [6.45, 7) is 9.12. The molecular weight excluding hydrogens is 250 g/mol. The van der Waals surface area contributed by atoms with Gasteiger partial charge in [0.15, 0.2) is 0 Å². The maximum Gasteiger partial charge on any atom is 0.227 e. The van der Waals surface area contributed by atoms with Gasteiger partial charge in [0.05, 0.1) is 5.92 Å². The van der Waals surface area contributed by atoms with Crippen molar-refractivity contribution in [1.29, 1.82) is 0 Å². The van der Waals surface area contributed by atoms with Gasteiger partial charge in [0, 0.05) is 25.7 Å². The van der Waals surface area contributed by atoms with Crippen LogP contribution in [0.4, 0.5) is 0 Å². The minimum absolute atomic E-state index is 0.0275. The topological polar surface area (TPSA) is 49.6 Å². The summed E-state index contributed by atoms with van der Waals surface area (Å²) in [4.78, 5) is 17.0. The molecule has 4 heteroatoms. The molecule has 0 aliphatic heterocycles. The third-order valence-corrected chi connectivity index (χ3v) is 4.20. The number of nitrogens with two attached hydrogens (primary N) is 1. The van der Waals surface area contributed by atoms with Crippen molar-refractivity contribution in [3.05, 3.63) is 0 Å². The third kappa shape index (κ3) is 5.41. The SMILES string of the molecule is CC(C)CN(CCN(C)C)C(=O)C1CC(C)CCC1N. The molecule has 0 aromatic heterocycles. The van der Waals surface area contributed by atoms with Crippen LogP contribution >= 0.6 is 0 Å². The van der Waals surface area contributed by atoms with Gasteiger partial charge in [0.2, 0.25) is 5.91 Å². The van der Waals surface area contributed by atoms with Gasteiger partial charge in [-0.2, -0.15) is 0 Å². The minimum Gasteiger partial charge on any atom is -0.341 e. The maximum atomic E-state index is 12.8. The second-order valence-electron chi connectivity index (χ2n) is 7.17. The van der Waals surface area contributed by atoms with Crippen LogP contribution in [0.5, 0.6) is 0 Å². The highest BCUT2D eigenvalue weighted by Gasteiger charge is 2.34. The zero-order valence-corrected chi connectivity index (χ0v) is 13.9. The van der Waals surface area contributed by atoms with E-state index in [0.717, 1.165) is 38.9 Å². The molecule has 20 heavy (non-hydrogen) atoms. The van der Waals surface area contributed by atoms with Crippen molar-refractivity contribution in [1.82, 2.24) is 9.80 Å². The number of nitrogens with zero attached hydrogens (tertiary/aromatic N) is 2. The monoisotopic (exact) mass is 283 g/mol. The fourth-order valence-electron chi connectivity index (χ4n) is 2.98. The van der Waals surface area contributed by atoms with E-state index in [1.54, 1.807) is 0 Å². The summed E-state index contributed by atoms with van der Waals surface area (Å²) >= 11 is 0. The van der Waals surface area contributed by atoms with Gasteiger partial charge in [-0.1, -0.05) is 20.8 Å². The molecule has 0 radical (unpaired) electrons. The molecule has 1 saturated carbocycles. The number of rotatable bonds is 6. The Kier molecular flexibility index (Phi) is 6.96. The molecule has 0 bridgehead atoms. The van der Waals surface area contributed by atoms with E-state index in [4.69, 9.17) is 5.73 Å². The Morgan fingerprint density at radius 2 is 1.90 bits per heavy atom. The second kappa shape index (κ2) is 7.99. The van der Waals surface area contributed by atoms with E-state index in [0.29, 0.717) is 11.8 Å². The fourth-order valence-corrected chi connectivity index (χ4v) is 2.98. The van der Waals surface area contributed by atoms with Gasteiger partial charge in [-0.3, -0.25) is 4.79 Å². The highest BCUT2D eigenvalue weighted by molar-refractivity contribution is 5.79. The Hall–Kier alpha value is -0.610. The molecule has 1 amide bonds. The first-order valence-electron chi connectivity index (χ1n) is 8.00. The van der Waals surface area contributed by atoms with E-state index in [-0.39, 0.29) is 17.9 Å². The molecule has 1 fully saturated rings. The van der Waals surface area contributed by atoms with Crippen molar-refractivity contribution in [2.24, 2.45) is 23.5 Å². The lowest BCUT2D eigenvalue weighted by Crippen LogP contribution is -2.49. The molecule has 1 aliphatic rings. The van der Waals surface area contributed by atoms with Crippen LogP contribution in [0.25, 0.3) is 0 Å². The molecule has 3 unspecified atom stereocenters. The molecule has 1 rings (SSSR count). The van der Waals surface area contributed by atoms with Gasteiger partial charge >= 0.3 is 0 Å². The average molecular weight is 283 g/mol. The van der Waals surface area contributed by atoms with Gasteiger partial charge in [0.25, 0.3) is 0 Å². The minimum atomic E-state index is 0.0275. The molecule has 118 valence electrons. The van der Waals surface area contributed by atoms with Crippen LogP contribution in [0.2, 0.25) is 0 Å². The molecule has 0 aromatic rings. The van der Waals surface area contributed by atoms with Crippen molar-refractivity contribution in [2.45, 2.75) is 46.1 Å². The van der Waals surface area contributed by atoms with E-state index in [1.165, 1.54) is 0 Å². The van der Waals surface area contributed by atoms with E-state index < -0.39 is 0 Å². The van der Waals surface area contributed by atoms with E-state index in [2.05, 4.69) is 25.7 Å². The summed E-state index contributed by atoms with van der Waals surface area (Å²) < 4.78 is 0. The normalized spacial score (nSPS) is 27.1. The van der Waals surface area contributed by atoms with Crippen molar-refractivity contribution < 1.29 is 4.79 Å². The first-order chi connectivity index (χ1) is 9.31. The van der Waals surface area contributed by atoms with Gasteiger partial charge in [0.1, 0.15) is 0 Å². The number of hydrogen-bond donors (Lipinski definition) is 1. The van der Waals surface area contributed by atoms with Gasteiger partial charge in [-0.05, 0) is 45.2 Å². The largest absolute Gasteiger partial charge is 0.341 e. The highest BCUT2D eigenvalue weighted by Crippen LogP contribution is 2.29. The summed E-state index contributed by atoms with van der Waals surface area (Å²) in [5.74, 6) is 1.43. The molecule has 1 aliphatic carbocycles. The lowest BCUT2D eigenvalue weighted by atomic mass is 9.78. The Labute approximate surface area is 124 Å². The quantitative estimate of drug-likeness (QED) is 0.808. The molecule has 0 spiro atoms. The van der Waals surface area contributed by atoms with Crippen LogP contribution in [0, 0.1) is 17.8 Å².